The fourth-order valence-corrected chi connectivity index (χ4v) is 3.05. The molecule has 23 heavy (non-hydrogen) atoms. The Balaban J connectivity index is 1.79. The van der Waals surface area contributed by atoms with E-state index in [2.05, 4.69) is 5.32 Å². The van der Waals surface area contributed by atoms with Gasteiger partial charge in [0.2, 0.25) is 5.91 Å². The highest BCUT2D eigenvalue weighted by atomic mass is 16.5. The van der Waals surface area contributed by atoms with Gasteiger partial charge in [-0.15, -0.1) is 0 Å². The van der Waals surface area contributed by atoms with E-state index in [0.29, 0.717) is 17.2 Å². The van der Waals surface area contributed by atoms with E-state index in [-0.39, 0.29) is 5.91 Å². The average molecular weight is 319 g/mol. The Labute approximate surface area is 132 Å². The van der Waals surface area contributed by atoms with E-state index < -0.39 is 30.0 Å². The molecule has 0 spiro atoms. The molecule has 2 N–H and O–H groups in total. The molecule has 4 atom stereocenters. The summed E-state index contributed by atoms with van der Waals surface area (Å²) in [5.41, 5.74) is 0.503. The maximum atomic E-state index is 12.5. The summed E-state index contributed by atoms with van der Waals surface area (Å²) in [5, 5.41) is 12.1. The molecule has 1 aromatic carbocycles. The Morgan fingerprint density at radius 3 is 2.35 bits per heavy atom. The van der Waals surface area contributed by atoms with Crippen molar-refractivity contribution in [2.24, 2.45) is 11.8 Å². The van der Waals surface area contributed by atoms with E-state index in [9.17, 15) is 14.7 Å². The Kier molecular flexibility index (Phi) is 3.96. The molecular formula is C16H17NO6. The van der Waals surface area contributed by atoms with Gasteiger partial charge in [-0.25, -0.2) is 0 Å². The number of rotatable bonds is 5. The Bertz CT molecular complexity index is 671. The van der Waals surface area contributed by atoms with Gasteiger partial charge in [-0.05, 0) is 12.1 Å². The van der Waals surface area contributed by atoms with Gasteiger partial charge in [0.05, 0.1) is 32.3 Å². The minimum absolute atomic E-state index is 0.388. The normalized spacial score (nSPS) is 27.7. The van der Waals surface area contributed by atoms with Crippen molar-refractivity contribution in [1.29, 1.82) is 0 Å². The first-order valence-corrected chi connectivity index (χ1v) is 7.14. The predicted octanol–water partition coefficient (Wildman–Crippen LogP) is 1.30. The number of amides is 1. The lowest BCUT2D eigenvalue weighted by Crippen LogP contribution is -2.39. The van der Waals surface area contributed by atoms with Crippen LogP contribution >= 0.6 is 0 Å². The van der Waals surface area contributed by atoms with Gasteiger partial charge in [0, 0.05) is 11.8 Å². The van der Waals surface area contributed by atoms with Crippen molar-refractivity contribution in [1.82, 2.24) is 0 Å². The number of carbonyl (C=O) groups excluding carboxylic acids is 1. The van der Waals surface area contributed by atoms with Gasteiger partial charge in [0.15, 0.2) is 11.5 Å². The molecule has 2 bridgehead atoms. The average Bonchev–Trinajstić information content (AvgIpc) is 3.15. The summed E-state index contributed by atoms with van der Waals surface area (Å²) in [5.74, 6) is -2.03. The lowest BCUT2D eigenvalue weighted by atomic mass is 9.82. The first kappa shape index (κ1) is 15.4. The fourth-order valence-electron chi connectivity index (χ4n) is 3.05. The molecule has 3 rings (SSSR count). The second-order valence-electron chi connectivity index (χ2n) is 5.40. The lowest BCUT2D eigenvalue weighted by molar-refractivity contribution is -0.145. The van der Waals surface area contributed by atoms with Crippen molar-refractivity contribution in [3.05, 3.63) is 30.4 Å². The maximum Gasteiger partial charge on any atom is 0.310 e. The Morgan fingerprint density at radius 1 is 1.09 bits per heavy atom. The van der Waals surface area contributed by atoms with E-state index in [4.69, 9.17) is 14.2 Å². The topological polar surface area (TPSA) is 94.1 Å². The maximum absolute atomic E-state index is 12.5. The van der Waals surface area contributed by atoms with Crippen LogP contribution in [0.5, 0.6) is 11.5 Å². The molecule has 0 radical (unpaired) electrons. The van der Waals surface area contributed by atoms with Crippen molar-refractivity contribution in [3.8, 4) is 11.5 Å². The van der Waals surface area contributed by atoms with Crippen LogP contribution < -0.4 is 14.8 Å². The van der Waals surface area contributed by atoms with Gasteiger partial charge in [0.1, 0.15) is 5.92 Å². The molecule has 1 amide bonds. The van der Waals surface area contributed by atoms with Crippen LogP contribution in [0.1, 0.15) is 0 Å². The zero-order chi connectivity index (χ0) is 16.6. The van der Waals surface area contributed by atoms with Gasteiger partial charge in [-0.2, -0.15) is 0 Å². The first-order valence-electron chi connectivity index (χ1n) is 7.14. The van der Waals surface area contributed by atoms with Crippen LogP contribution in [-0.4, -0.2) is 43.4 Å². The number of hydrogen-bond acceptors (Lipinski definition) is 5. The molecular weight excluding hydrogens is 302 g/mol. The Morgan fingerprint density at radius 2 is 1.74 bits per heavy atom. The minimum Gasteiger partial charge on any atom is -0.493 e. The van der Waals surface area contributed by atoms with E-state index in [1.165, 1.54) is 14.2 Å². The van der Waals surface area contributed by atoms with Crippen molar-refractivity contribution in [2.45, 2.75) is 12.2 Å². The first-order chi connectivity index (χ1) is 11.0. The number of nitrogens with one attached hydrogen (secondary N) is 1. The van der Waals surface area contributed by atoms with Crippen LogP contribution in [0.25, 0.3) is 0 Å². The third-order valence-electron chi connectivity index (χ3n) is 4.14. The third-order valence-corrected chi connectivity index (χ3v) is 4.14. The molecule has 1 saturated heterocycles. The van der Waals surface area contributed by atoms with Crippen molar-refractivity contribution in [3.63, 3.8) is 0 Å². The lowest BCUT2D eigenvalue weighted by Gasteiger charge is -2.21. The second kappa shape index (κ2) is 5.92. The summed E-state index contributed by atoms with van der Waals surface area (Å²) in [4.78, 5) is 23.9. The molecule has 2 heterocycles. The largest absolute Gasteiger partial charge is 0.493 e. The number of ether oxygens (including phenoxy) is 3. The summed E-state index contributed by atoms with van der Waals surface area (Å²) in [6.07, 6.45) is 2.40. The summed E-state index contributed by atoms with van der Waals surface area (Å²) >= 11 is 0. The molecule has 0 saturated carbocycles. The van der Waals surface area contributed by atoms with Crippen LogP contribution in [0, 0.1) is 11.8 Å². The number of aliphatic carboxylic acids is 1. The SMILES string of the molecule is COc1ccc(NC(=O)[C@H]2[C@@H](C(=O)O)[C@H]3C=C[C@@H]2O3)cc1OC. The summed E-state index contributed by atoms with van der Waals surface area (Å²) < 4.78 is 15.8. The van der Waals surface area contributed by atoms with Crippen LogP contribution in [0.2, 0.25) is 0 Å². The molecule has 2 aliphatic rings. The molecule has 2 aliphatic heterocycles. The number of carboxylic acid groups (broad SMARTS) is 1. The Hall–Kier alpha value is -2.54. The van der Waals surface area contributed by atoms with E-state index >= 15 is 0 Å². The second-order valence-corrected chi connectivity index (χ2v) is 5.40. The third kappa shape index (κ3) is 2.63. The predicted molar refractivity (Wildman–Crippen MR) is 80.6 cm³/mol. The quantitative estimate of drug-likeness (QED) is 0.795. The molecule has 0 aromatic heterocycles. The van der Waals surface area contributed by atoms with Gasteiger partial charge < -0.3 is 24.6 Å². The number of fused-ring (bicyclic) bond motifs is 2. The van der Waals surface area contributed by atoms with Gasteiger partial charge in [0.25, 0.3) is 0 Å². The standard InChI is InChI=1S/C16H17NO6/c1-21-9-4-3-8(7-12(9)22-2)17-15(18)13-10-5-6-11(23-10)14(13)16(19)20/h3-7,10-11,13-14H,1-2H3,(H,17,18)(H,19,20)/t10-,11+,13+,14-/m0/s1. The van der Waals surface area contributed by atoms with Crippen molar-refractivity contribution in [2.75, 3.05) is 19.5 Å². The highest BCUT2D eigenvalue weighted by Gasteiger charge is 2.53. The molecule has 122 valence electrons. The van der Waals surface area contributed by atoms with Crippen LogP contribution in [0.4, 0.5) is 5.69 Å². The number of benzene rings is 1. The smallest absolute Gasteiger partial charge is 0.310 e. The van der Waals surface area contributed by atoms with E-state index in [0.717, 1.165) is 0 Å². The summed E-state index contributed by atoms with van der Waals surface area (Å²) in [6.45, 7) is 0. The zero-order valence-electron chi connectivity index (χ0n) is 12.7. The van der Waals surface area contributed by atoms with Crippen molar-refractivity contribution >= 4 is 17.6 Å². The monoisotopic (exact) mass is 319 g/mol. The fraction of sp³-hybridized carbons (Fsp3) is 0.375. The number of hydrogen-bond donors (Lipinski definition) is 2. The molecule has 1 aromatic rings. The minimum atomic E-state index is -1.03. The number of anilines is 1. The number of carboxylic acids is 1. The molecule has 7 heteroatoms. The van der Waals surface area contributed by atoms with Crippen LogP contribution in [0.3, 0.4) is 0 Å². The molecule has 0 aliphatic carbocycles. The van der Waals surface area contributed by atoms with E-state index in [1.807, 2.05) is 0 Å². The molecule has 7 nitrogen and oxygen atoms in total. The summed E-state index contributed by atoms with van der Waals surface area (Å²) in [6, 6.07) is 4.95. The molecule has 0 unspecified atom stereocenters. The number of carbonyl (C=O) groups is 2. The summed E-state index contributed by atoms with van der Waals surface area (Å²) in [7, 11) is 3.02. The van der Waals surface area contributed by atoms with Gasteiger partial charge in [-0.1, -0.05) is 12.2 Å². The van der Waals surface area contributed by atoms with Gasteiger partial charge in [-0.3, -0.25) is 9.59 Å². The zero-order valence-corrected chi connectivity index (χ0v) is 12.7. The van der Waals surface area contributed by atoms with Crippen molar-refractivity contribution < 1.29 is 28.9 Å². The van der Waals surface area contributed by atoms with Crippen LogP contribution in [-0.2, 0) is 14.3 Å². The van der Waals surface area contributed by atoms with Crippen LogP contribution in [0.15, 0.2) is 30.4 Å². The molecule has 1 fully saturated rings. The van der Waals surface area contributed by atoms with Gasteiger partial charge >= 0.3 is 5.97 Å². The number of methoxy groups -OCH3 is 2. The highest BCUT2D eigenvalue weighted by molar-refractivity contribution is 5.96. The highest BCUT2D eigenvalue weighted by Crippen LogP contribution is 2.40. The van der Waals surface area contributed by atoms with E-state index in [1.54, 1.807) is 30.4 Å².